The largest absolute Gasteiger partial charge is 0.405 e. The Morgan fingerprint density at radius 2 is 2.10 bits per heavy atom. The molecule has 12 heteroatoms. The standard InChI is InChI=1S/C18H13F5N4O2S/c1-8-14(15(28)25-7-18(21,22)23)27-16(29)13(20)11(26-17(27)30-8)5-9-3-2-4-10(6-24)12(9)19/h2-4,16,29H,5,7H2,1H3,(H,25,28). The summed E-state index contributed by atoms with van der Waals surface area (Å²) < 4.78 is 66.2. The zero-order chi connectivity index (χ0) is 22.2. The molecule has 0 spiro atoms. The van der Waals surface area contributed by atoms with Crippen LogP contribution in [0.1, 0.15) is 18.1 Å². The van der Waals surface area contributed by atoms with E-state index in [4.69, 9.17) is 5.26 Å². The molecule has 2 heterocycles. The molecule has 0 aliphatic carbocycles. The van der Waals surface area contributed by atoms with E-state index in [-0.39, 0.29) is 39.0 Å². The summed E-state index contributed by atoms with van der Waals surface area (Å²) in [7, 11) is 0. The van der Waals surface area contributed by atoms with Crippen LogP contribution in [-0.4, -0.2) is 40.0 Å². The van der Waals surface area contributed by atoms with Crippen LogP contribution in [0.15, 0.2) is 45.3 Å². The molecule has 158 valence electrons. The molecule has 2 N–H and O–H groups in total. The van der Waals surface area contributed by atoms with Crippen molar-refractivity contribution >= 4 is 22.8 Å². The second-order valence-electron chi connectivity index (χ2n) is 6.30. The first kappa shape index (κ1) is 21.8. The Morgan fingerprint density at radius 3 is 2.73 bits per heavy atom. The third-order valence-corrected chi connectivity index (χ3v) is 5.19. The van der Waals surface area contributed by atoms with Crippen LogP contribution in [0.5, 0.6) is 0 Å². The maximum absolute atomic E-state index is 14.8. The smallest absolute Gasteiger partial charge is 0.367 e. The van der Waals surface area contributed by atoms with Gasteiger partial charge in [0.15, 0.2) is 17.2 Å². The SMILES string of the molecule is CC1=C(C(=O)NCC(F)(F)F)N2C(=NC(Cc3cccc(C#N)c3F)=C(F)C2O)S1. The van der Waals surface area contributed by atoms with Gasteiger partial charge in [0, 0.05) is 11.3 Å². The number of thioether (sulfide) groups is 1. The minimum Gasteiger partial charge on any atom is -0.367 e. The maximum atomic E-state index is 14.8. The number of aliphatic imine (C=N–C) groups is 1. The van der Waals surface area contributed by atoms with E-state index in [1.165, 1.54) is 25.1 Å². The number of amides is 1. The van der Waals surface area contributed by atoms with Gasteiger partial charge >= 0.3 is 6.18 Å². The quantitative estimate of drug-likeness (QED) is 0.697. The molecule has 2 aliphatic heterocycles. The first-order chi connectivity index (χ1) is 14.0. The van der Waals surface area contributed by atoms with Crippen LogP contribution in [0.3, 0.4) is 0 Å². The lowest BCUT2D eigenvalue weighted by atomic mass is 10.0. The highest BCUT2D eigenvalue weighted by molar-refractivity contribution is 8.17. The van der Waals surface area contributed by atoms with Crippen molar-refractivity contribution in [2.45, 2.75) is 25.7 Å². The van der Waals surface area contributed by atoms with Gasteiger partial charge in [0.05, 0.1) is 11.3 Å². The molecule has 0 fully saturated rings. The molecule has 1 unspecified atom stereocenters. The molecule has 1 atom stereocenters. The van der Waals surface area contributed by atoms with Crippen LogP contribution in [0, 0.1) is 17.1 Å². The summed E-state index contributed by atoms with van der Waals surface area (Å²) in [4.78, 5) is 17.2. The van der Waals surface area contributed by atoms with Crippen molar-refractivity contribution in [3.8, 4) is 6.07 Å². The highest BCUT2D eigenvalue weighted by atomic mass is 32.2. The topological polar surface area (TPSA) is 88.7 Å². The highest BCUT2D eigenvalue weighted by Crippen LogP contribution is 2.41. The molecule has 3 rings (SSSR count). The number of carbonyl (C=O) groups is 1. The molecule has 0 saturated carbocycles. The van der Waals surface area contributed by atoms with Crippen molar-refractivity contribution in [3.05, 3.63) is 57.3 Å². The molecule has 1 aromatic carbocycles. The van der Waals surface area contributed by atoms with Gasteiger partial charge in [-0.2, -0.15) is 18.4 Å². The average Bonchev–Trinajstić information content (AvgIpc) is 3.01. The summed E-state index contributed by atoms with van der Waals surface area (Å²) in [6.45, 7) is -0.184. The molecule has 2 aliphatic rings. The Labute approximate surface area is 171 Å². The van der Waals surface area contributed by atoms with E-state index in [9.17, 15) is 31.9 Å². The number of allylic oxidation sites excluding steroid dienone is 2. The maximum Gasteiger partial charge on any atom is 0.405 e. The molecule has 30 heavy (non-hydrogen) atoms. The normalized spacial score (nSPS) is 18.9. The highest BCUT2D eigenvalue weighted by Gasteiger charge is 2.42. The number of aliphatic hydroxyl groups excluding tert-OH is 1. The predicted octanol–water partition coefficient (Wildman–Crippen LogP) is 3.07. The number of nitrogens with zero attached hydrogens (tertiary/aromatic N) is 3. The van der Waals surface area contributed by atoms with Crippen molar-refractivity contribution in [1.29, 1.82) is 5.26 Å². The van der Waals surface area contributed by atoms with Crippen LogP contribution >= 0.6 is 11.8 Å². The van der Waals surface area contributed by atoms with E-state index < -0.39 is 36.5 Å². The number of hydrogen-bond donors (Lipinski definition) is 2. The Morgan fingerprint density at radius 1 is 1.40 bits per heavy atom. The Kier molecular flexibility index (Phi) is 5.87. The first-order valence-corrected chi connectivity index (χ1v) is 9.21. The summed E-state index contributed by atoms with van der Waals surface area (Å²) in [6.07, 6.45) is -7.05. The van der Waals surface area contributed by atoms with Crippen molar-refractivity contribution in [2.24, 2.45) is 4.99 Å². The van der Waals surface area contributed by atoms with Crippen LogP contribution in [0.4, 0.5) is 22.0 Å². The van der Waals surface area contributed by atoms with E-state index in [0.29, 0.717) is 0 Å². The number of alkyl halides is 3. The number of nitrogens with one attached hydrogen (secondary N) is 1. The van der Waals surface area contributed by atoms with Gasteiger partial charge in [0.25, 0.3) is 5.91 Å². The summed E-state index contributed by atoms with van der Waals surface area (Å²) in [5.41, 5.74) is -0.946. The van der Waals surface area contributed by atoms with Gasteiger partial charge in [0.1, 0.15) is 24.1 Å². The Hall–Kier alpha value is -2.91. The first-order valence-electron chi connectivity index (χ1n) is 8.39. The van der Waals surface area contributed by atoms with E-state index in [0.717, 1.165) is 16.7 Å². The van der Waals surface area contributed by atoms with Crippen molar-refractivity contribution < 1.29 is 31.9 Å². The molecule has 0 aromatic heterocycles. The fourth-order valence-corrected chi connectivity index (χ4v) is 3.88. The molecular formula is C18H13F5N4O2S. The summed E-state index contributed by atoms with van der Waals surface area (Å²) in [5.74, 6) is -3.18. The predicted molar refractivity (Wildman–Crippen MR) is 97.6 cm³/mol. The zero-order valence-electron chi connectivity index (χ0n) is 15.2. The van der Waals surface area contributed by atoms with E-state index in [1.807, 2.05) is 0 Å². The summed E-state index contributed by atoms with van der Waals surface area (Å²) >= 11 is 0.858. The van der Waals surface area contributed by atoms with Crippen LogP contribution in [0.25, 0.3) is 0 Å². The van der Waals surface area contributed by atoms with Crippen molar-refractivity contribution in [1.82, 2.24) is 10.2 Å². The Bertz CT molecular complexity index is 1040. The number of hydrogen-bond acceptors (Lipinski definition) is 6. The molecule has 6 nitrogen and oxygen atoms in total. The lowest BCUT2D eigenvalue weighted by Gasteiger charge is -2.30. The van der Waals surface area contributed by atoms with Crippen molar-refractivity contribution in [2.75, 3.05) is 6.54 Å². The summed E-state index contributed by atoms with van der Waals surface area (Å²) in [5, 5.41) is 20.9. The van der Waals surface area contributed by atoms with Gasteiger partial charge in [-0.1, -0.05) is 23.9 Å². The van der Waals surface area contributed by atoms with Gasteiger partial charge in [-0.05, 0) is 18.6 Å². The van der Waals surface area contributed by atoms with E-state index >= 15 is 0 Å². The minimum atomic E-state index is -4.65. The van der Waals surface area contributed by atoms with Crippen LogP contribution < -0.4 is 5.32 Å². The van der Waals surface area contributed by atoms with E-state index in [2.05, 4.69) is 4.99 Å². The number of amidine groups is 1. The molecular weight excluding hydrogens is 431 g/mol. The lowest BCUT2D eigenvalue weighted by Crippen LogP contribution is -2.45. The third-order valence-electron chi connectivity index (χ3n) is 4.22. The van der Waals surface area contributed by atoms with Crippen molar-refractivity contribution in [3.63, 3.8) is 0 Å². The number of halogens is 5. The van der Waals surface area contributed by atoms with Crippen LogP contribution in [-0.2, 0) is 11.2 Å². The second-order valence-corrected chi connectivity index (χ2v) is 7.49. The average molecular weight is 444 g/mol. The number of aliphatic hydroxyl groups is 1. The van der Waals surface area contributed by atoms with Gasteiger partial charge in [-0.3, -0.25) is 9.69 Å². The molecule has 1 aromatic rings. The Balaban J connectivity index is 1.87. The number of benzene rings is 1. The monoisotopic (exact) mass is 444 g/mol. The number of rotatable bonds is 4. The second kappa shape index (κ2) is 8.08. The number of fused-ring (bicyclic) bond motifs is 1. The fourth-order valence-electron chi connectivity index (χ4n) is 2.88. The van der Waals surface area contributed by atoms with Gasteiger partial charge < -0.3 is 10.4 Å². The van der Waals surface area contributed by atoms with Gasteiger partial charge in [-0.15, -0.1) is 0 Å². The molecule has 0 radical (unpaired) electrons. The molecule has 0 bridgehead atoms. The minimum absolute atomic E-state index is 0.0278. The summed E-state index contributed by atoms with van der Waals surface area (Å²) in [6, 6.07) is 5.65. The number of nitriles is 1. The van der Waals surface area contributed by atoms with Gasteiger partial charge in [0.2, 0.25) is 0 Å². The fraction of sp³-hybridized carbons (Fsp3) is 0.278. The van der Waals surface area contributed by atoms with Gasteiger partial charge in [-0.25, -0.2) is 13.8 Å². The number of carbonyl (C=O) groups excluding carboxylic acids is 1. The lowest BCUT2D eigenvalue weighted by molar-refractivity contribution is -0.137. The van der Waals surface area contributed by atoms with E-state index in [1.54, 1.807) is 11.4 Å². The third kappa shape index (κ3) is 4.17. The van der Waals surface area contributed by atoms with Crippen LogP contribution in [0.2, 0.25) is 0 Å². The zero-order valence-corrected chi connectivity index (χ0v) is 16.0. The molecule has 1 amide bonds. The molecule has 0 saturated heterocycles.